The molecule has 0 spiro atoms. The van der Waals surface area contributed by atoms with Gasteiger partial charge in [-0.15, -0.1) is 0 Å². The van der Waals surface area contributed by atoms with Gasteiger partial charge >= 0.3 is 0 Å². The van der Waals surface area contributed by atoms with Gasteiger partial charge < -0.3 is 14.9 Å². The molecule has 0 amide bonds. The molecule has 5 aliphatic carbocycles. The number of hydrogen-bond acceptors (Lipinski definition) is 5. The Labute approximate surface area is 248 Å². The summed E-state index contributed by atoms with van der Waals surface area (Å²) in [6, 6.07) is 8.98. The standard InChI is InChI=1S/C35H54O5S/c1-33-17-13-26(36)21-24(33)9-11-30-31-12-10-25(34(31,2)18-16-32(30)33)22-29(41(38,39)28-7-5-4-6-8-28)23-35(37)19-14-27(40-3)15-20-35/h4-8,24-27,29-32,36-37H,9-23H2,1-3H3/t24?,25?,26?,27?,29?,30-,31?,32?,33?,34?,35?/m0/s1. The molecule has 6 rings (SSSR count). The highest BCUT2D eigenvalue weighted by Crippen LogP contribution is 2.68. The van der Waals surface area contributed by atoms with Crippen molar-refractivity contribution in [1.82, 2.24) is 0 Å². The summed E-state index contributed by atoms with van der Waals surface area (Å²) in [5, 5.41) is 21.5. The number of benzene rings is 1. The van der Waals surface area contributed by atoms with Crippen LogP contribution in [0, 0.1) is 40.4 Å². The Hall–Kier alpha value is -0.950. The van der Waals surface area contributed by atoms with Crippen molar-refractivity contribution in [2.24, 2.45) is 40.4 Å². The van der Waals surface area contributed by atoms with Gasteiger partial charge in [0.05, 0.1) is 28.0 Å². The van der Waals surface area contributed by atoms with E-state index in [0.717, 1.165) is 50.4 Å². The van der Waals surface area contributed by atoms with Gasteiger partial charge in [0, 0.05) is 7.11 Å². The van der Waals surface area contributed by atoms with Crippen LogP contribution in [0.15, 0.2) is 35.2 Å². The van der Waals surface area contributed by atoms with Crippen LogP contribution >= 0.6 is 0 Å². The van der Waals surface area contributed by atoms with Gasteiger partial charge in [-0.25, -0.2) is 8.42 Å². The minimum absolute atomic E-state index is 0.114. The Balaban J connectivity index is 1.24. The average molecular weight is 587 g/mol. The van der Waals surface area contributed by atoms with E-state index in [9.17, 15) is 18.6 Å². The summed E-state index contributed by atoms with van der Waals surface area (Å²) in [6.45, 7) is 5.03. The van der Waals surface area contributed by atoms with Crippen LogP contribution in [0.5, 0.6) is 0 Å². The molecular weight excluding hydrogens is 532 g/mol. The molecular formula is C35H54O5S. The zero-order valence-corrected chi connectivity index (χ0v) is 26.5. The minimum Gasteiger partial charge on any atom is -0.393 e. The average Bonchev–Trinajstić information content (AvgIpc) is 3.30. The second kappa shape index (κ2) is 11.2. The Morgan fingerprint density at radius 3 is 2.27 bits per heavy atom. The highest BCUT2D eigenvalue weighted by Gasteiger charge is 2.60. The highest BCUT2D eigenvalue weighted by atomic mass is 32.2. The topological polar surface area (TPSA) is 83.8 Å². The van der Waals surface area contributed by atoms with Crippen LogP contribution in [0.4, 0.5) is 0 Å². The lowest BCUT2D eigenvalue weighted by Gasteiger charge is -2.61. The minimum atomic E-state index is -3.58. The molecule has 2 N–H and O–H groups in total. The van der Waals surface area contributed by atoms with Crippen molar-refractivity contribution < 1.29 is 23.4 Å². The van der Waals surface area contributed by atoms with Crippen molar-refractivity contribution in [2.75, 3.05) is 7.11 Å². The van der Waals surface area contributed by atoms with E-state index in [1.54, 1.807) is 19.2 Å². The first-order valence-corrected chi connectivity index (χ1v) is 18.3. The highest BCUT2D eigenvalue weighted by molar-refractivity contribution is 7.92. The summed E-state index contributed by atoms with van der Waals surface area (Å²) < 4.78 is 34.0. The summed E-state index contributed by atoms with van der Waals surface area (Å²) in [6.07, 6.45) is 14.2. The fourth-order valence-corrected chi connectivity index (χ4v) is 13.1. The third kappa shape index (κ3) is 5.36. The van der Waals surface area contributed by atoms with Crippen LogP contribution in [0.1, 0.15) is 110 Å². The van der Waals surface area contributed by atoms with Gasteiger partial charge in [-0.2, -0.15) is 0 Å². The smallest absolute Gasteiger partial charge is 0.181 e. The summed E-state index contributed by atoms with van der Waals surface area (Å²) >= 11 is 0. The third-order valence-corrected chi connectivity index (χ3v) is 15.9. The molecule has 0 bridgehead atoms. The summed E-state index contributed by atoms with van der Waals surface area (Å²) in [5.74, 6) is 3.16. The number of rotatable bonds is 7. The first-order chi connectivity index (χ1) is 19.5. The van der Waals surface area contributed by atoms with E-state index in [1.807, 2.05) is 18.2 Å². The number of aliphatic hydroxyl groups is 2. The second-order valence-corrected chi connectivity index (χ2v) is 17.7. The quantitative estimate of drug-likeness (QED) is 0.361. The molecule has 0 radical (unpaired) electrons. The van der Waals surface area contributed by atoms with Crippen LogP contribution < -0.4 is 0 Å². The number of fused-ring (bicyclic) bond motifs is 5. The maximum atomic E-state index is 14.2. The molecule has 41 heavy (non-hydrogen) atoms. The SMILES string of the molecule is COC1CCC(O)(CC(CC2CCC3[C@@H]4CCC5CC(O)CCC5(C)C4CCC23C)S(=O)(=O)c2ccccc2)CC1. The molecule has 230 valence electrons. The zero-order valence-electron chi connectivity index (χ0n) is 25.6. The molecule has 5 fully saturated rings. The molecule has 1 aromatic carbocycles. The van der Waals surface area contributed by atoms with Crippen LogP contribution in [0.3, 0.4) is 0 Å². The van der Waals surface area contributed by atoms with E-state index in [0.29, 0.717) is 53.7 Å². The molecule has 6 heteroatoms. The number of aliphatic hydroxyl groups excluding tert-OH is 1. The second-order valence-electron chi connectivity index (χ2n) is 15.5. The Kier molecular flexibility index (Phi) is 8.22. The van der Waals surface area contributed by atoms with E-state index in [4.69, 9.17) is 4.74 Å². The van der Waals surface area contributed by atoms with Gasteiger partial charge in [0.25, 0.3) is 0 Å². The van der Waals surface area contributed by atoms with E-state index < -0.39 is 20.7 Å². The van der Waals surface area contributed by atoms with E-state index >= 15 is 0 Å². The van der Waals surface area contributed by atoms with Crippen LogP contribution in [0.25, 0.3) is 0 Å². The normalized spacial score (nSPS) is 45.3. The molecule has 9 atom stereocenters. The lowest BCUT2D eigenvalue weighted by molar-refractivity contribution is -0.127. The number of hydrogen-bond donors (Lipinski definition) is 2. The molecule has 0 aromatic heterocycles. The predicted molar refractivity (Wildman–Crippen MR) is 162 cm³/mol. The van der Waals surface area contributed by atoms with Gasteiger partial charge in [0.2, 0.25) is 0 Å². The van der Waals surface area contributed by atoms with E-state index in [-0.39, 0.29) is 17.6 Å². The first kappa shape index (κ1) is 30.1. The molecule has 5 nitrogen and oxygen atoms in total. The van der Waals surface area contributed by atoms with Gasteiger partial charge in [-0.1, -0.05) is 32.0 Å². The van der Waals surface area contributed by atoms with Gasteiger partial charge in [-0.3, -0.25) is 0 Å². The van der Waals surface area contributed by atoms with E-state index in [1.165, 1.54) is 32.1 Å². The fourth-order valence-electron chi connectivity index (χ4n) is 11.2. The maximum absolute atomic E-state index is 14.2. The number of methoxy groups -OCH3 is 1. The van der Waals surface area contributed by atoms with Gasteiger partial charge in [0.15, 0.2) is 9.84 Å². The van der Waals surface area contributed by atoms with Crippen molar-refractivity contribution >= 4 is 9.84 Å². The van der Waals surface area contributed by atoms with Crippen molar-refractivity contribution in [3.05, 3.63) is 30.3 Å². The van der Waals surface area contributed by atoms with Crippen LogP contribution in [-0.2, 0) is 14.6 Å². The largest absolute Gasteiger partial charge is 0.393 e. The van der Waals surface area contributed by atoms with Gasteiger partial charge in [0.1, 0.15) is 0 Å². The molecule has 1 aromatic rings. The maximum Gasteiger partial charge on any atom is 0.181 e. The molecule has 5 aliphatic rings. The number of sulfone groups is 1. The molecule has 8 unspecified atom stereocenters. The summed E-state index contributed by atoms with van der Waals surface area (Å²) in [4.78, 5) is 0.397. The Morgan fingerprint density at radius 2 is 1.56 bits per heavy atom. The Bertz CT molecular complexity index is 1160. The lowest BCUT2D eigenvalue weighted by atomic mass is 9.44. The molecule has 0 saturated heterocycles. The molecule has 5 saturated carbocycles. The van der Waals surface area contributed by atoms with Gasteiger partial charge in [-0.05, 0) is 149 Å². The van der Waals surface area contributed by atoms with Crippen molar-refractivity contribution in [3.63, 3.8) is 0 Å². The summed E-state index contributed by atoms with van der Waals surface area (Å²) in [7, 11) is -1.85. The molecule has 0 aliphatic heterocycles. The first-order valence-electron chi connectivity index (χ1n) is 16.7. The monoisotopic (exact) mass is 586 g/mol. The van der Waals surface area contributed by atoms with Crippen LogP contribution in [0.2, 0.25) is 0 Å². The van der Waals surface area contributed by atoms with E-state index in [2.05, 4.69) is 13.8 Å². The number of ether oxygens (including phenoxy) is 1. The Morgan fingerprint density at radius 1 is 0.878 bits per heavy atom. The van der Waals surface area contributed by atoms with Crippen molar-refractivity contribution in [2.45, 2.75) is 138 Å². The van der Waals surface area contributed by atoms with Crippen molar-refractivity contribution in [3.8, 4) is 0 Å². The fraction of sp³-hybridized carbons (Fsp3) is 0.829. The summed E-state index contributed by atoms with van der Waals surface area (Å²) in [5.41, 5.74) is -0.430. The van der Waals surface area contributed by atoms with Crippen LogP contribution in [-0.4, -0.2) is 48.8 Å². The third-order valence-electron chi connectivity index (χ3n) is 13.7. The van der Waals surface area contributed by atoms with Crippen molar-refractivity contribution in [1.29, 1.82) is 0 Å². The lowest BCUT2D eigenvalue weighted by Crippen LogP contribution is -2.54. The molecule has 0 heterocycles. The predicted octanol–water partition coefficient (Wildman–Crippen LogP) is 6.95. The zero-order chi connectivity index (χ0) is 29.0.